The molecule has 0 unspecified atom stereocenters. The molecule has 0 bridgehead atoms. The summed E-state index contributed by atoms with van der Waals surface area (Å²) in [6, 6.07) is 3.04. The Balaban J connectivity index is 3.20. The van der Waals surface area contributed by atoms with Gasteiger partial charge in [-0.3, -0.25) is 0 Å². The van der Waals surface area contributed by atoms with Crippen molar-refractivity contribution in [3.05, 3.63) is 24.0 Å². The van der Waals surface area contributed by atoms with Crippen LogP contribution in [0.4, 0.5) is 10.1 Å². The highest BCUT2D eigenvalue weighted by Gasteiger charge is 2.39. The van der Waals surface area contributed by atoms with Crippen LogP contribution in [0, 0.1) is 5.82 Å². The largest absolute Gasteiger partial charge is 0.398 e. The summed E-state index contributed by atoms with van der Waals surface area (Å²) in [4.78, 5) is -0.216. The van der Waals surface area contributed by atoms with Crippen molar-refractivity contribution in [3.63, 3.8) is 0 Å². The van der Waals surface area contributed by atoms with Gasteiger partial charge in [0.1, 0.15) is 10.7 Å². The Kier molecular flexibility index (Phi) is 3.96. The molecule has 0 radical (unpaired) electrons. The fraction of sp³-hybridized carbons (Fsp3) is 0.500. The van der Waals surface area contributed by atoms with Crippen molar-refractivity contribution in [2.75, 3.05) is 5.73 Å². The van der Waals surface area contributed by atoms with Gasteiger partial charge in [0.2, 0.25) is 10.0 Å². The SMILES string of the molecule is CC(C)(O)C(C)(C)NS(=O)(=O)c1ccc(F)cc1N. The number of nitrogens with two attached hydrogens (primary N) is 1. The molecule has 0 aromatic heterocycles. The third-order valence-corrected chi connectivity index (χ3v) is 4.91. The van der Waals surface area contributed by atoms with Gasteiger partial charge in [-0.1, -0.05) is 0 Å². The van der Waals surface area contributed by atoms with Crippen LogP contribution in [0.15, 0.2) is 23.1 Å². The summed E-state index contributed by atoms with van der Waals surface area (Å²) in [6.07, 6.45) is 0. The second-order valence-corrected chi connectivity index (χ2v) is 7.12. The number of benzene rings is 1. The van der Waals surface area contributed by atoms with Gasteiger partial charge < -0.3 is 10.8 Å². The summed E-state index contributed by atoms with van der Waals surface area (Å²) < 4.78 is 39.7. The predicted octanol–water partition coefficient (Wildman–Crippen LogP) is 1.24. The average molecular weight is 290 g/mol. The van der Waals surface area contributed by atoms with Crippen molar-refractivity contribution >= 4 is 15.7 Å². The van der Waals surface area contributed by atoms with Crippen LogP contribution in [0.25, 0.3) is 0 Å². The Morgan fingerprint density at radius 3 is 2.21 bits per heavy atom. The fourth-order valence-corrected chi connectivity index (χ4v) is 2.93. The topological polar surface area (TPSA) is 92.4 Å². The van der Waals surface area contributed by atoms with E-state index < -0.39 is 27.0 Å². The highest BCUT2D eigenvalue weighted by Crippen LogP contribution is 2.26. The lowest BCUT2D eigenvalue weighted by atomic mass is 9.87. The van der Waals surface area contributed by atoms with E-state index in [-0.39, 0.29) is 10.6 Å². The molecule has 0 aliphatic heterocycles. The molecule has 19 heavy (non-hydrogen) atoms. The number of hydrogen-bond acceptors (Lipinski definition) is 4. The van der Waals surface area contributed by atoms with E-state index in [2.05, 4.69) is 4.72 Å². The number of halogens is 1. The minimum Gasteiger partial charge on any atom is -0.398 e. The molecule has 0 aliphatic carbocycles. The van der Waals surface area contributed by atoms with Crippen LogP contribution in [0.1, 0.15) is 27.7 Å². The molecule has 0 aliphatic rings. The van der Waals surface area contributed by atoms with E-state index in [0.717, 1.165) is 18.2 Å². The number of anilines is 1. The Labute approximate surface area is 112 Å². The minimum absolute atomic E-state index is 0.181. The van der Waals surface area contributed by atoms with Gasteiger partial charge >= 0.3 is 0 Å². The van der Waals surface area contributed by atoms with Crippen molar-refractivity contribution in [1.29, 1.82) is 0 Å². The highest BCUT2D eigenvalue weighted by atomic mass is 32.2. The smallest absolute Gasteiger partial charge is 0.243 e. The molecule has 0 atom stereocenters. The molecule has 1 rings (SSSR count). The molecular formula is C12H19FN2O3S. The van der Waals surface area contributed by atoms with Gasteiger partial charge in [0.05, 0.1) is 16.8 Å². The third kappa shape index (κ3) is 3.43. The molecule has 0 heterocycles. The summed E-state index contributed by atoms with van der Waals surface area (Å²) >= 11 is 0. The molecule has 5 nitrogen and oxygen atoms in total. The van der Waals surface area contributed by atoms with Crippen LogP contribution in [0.5, 0.6) is 0 Å². The zero-order chi connectivity index (χ0) is 15.1. The zero-order valence-corrected chi connectivity index (χ0v) is 12.2. The summed E-state index contributed by atoms with van der Waals surface area (Å²) in [5.74, 6) is -0.613. The van der Waals surface area contributed by atoms with Gasteiger partial charge in [0.25, 0.3) is 0 Å². The van der Waals surface area contributed by atoms with Crippen molar-refractivity contribution in [2.24, 2.45) is 0 Å². The third-order valence-electron chi connectivity index (χ3n) is 3.18. The molecule has 0 saturated heterocycles. The van der Waals surface area contributed by atoms with E-state index in [0.29, 0.717) is 0 Å². The maximum atomic E-state index is 12.9. The zero-order valence-electron chi connectivity index (χ0n) is 11.4. The van der Waals surface area contributed by atoms with Gasteiger partial charge in [-0.25, -0.2) is 17.5 Å². The van der Waals surface area contributed by atoms with E-state index >= 15 is 0 Å². The van der Waals surface area contributed by atoms with Crippen molar-refractivity contribution < 1.29 is 17.9 Å². The van der Waals surface area contributed by atoms with Crippen LogP contribution in [-0.2, 0) is 10.0 Å². The fourth-order valence-electron chi connectivity index (χ4n) is 1.28. The second kappa shape index (κ2) is 4.73. The maximum Gasteiger partial charge on any atom is 0.243 e. The molecule has 1 aromatic rings. The van der Waals surface area contributed by atoms with Crippen LogP contribution in [0.3, 0.4) is 0 Å². The number of nitrogen functional groups attached to an aromatic ring is 1. The van der Waals surface area contributed by atoms with Crippen LogP contribution >= 0.6 is 0 Å². The number of hydrogen-bond donors (Lipinski definition) is 3. The monoisotopic (exact) mass is 290 g/mol. The molecular weight excluding hydrogens is 271 g/mol. The Morgan fingerprint density at radius 1 is 1.26 bits per heavy atom. The first kappa shape index (κ1) is 15.9. The Morgan fingerprint density at radius 2 is 1.79 bits per heavy atom. The lowest BCUT2D eigenvalue weighted by Gasteiger charge is -2.37. The Hall–Kier alpha value is -1.18. The molecule has 0 amide bonds. The van der Waals surface area contributed by atoms with E-state index in [9.17, 15) is 17.9 Å². The van der Waals surface area contributed by atoms with Crippen molar-refractivity contribution in [1.82, 2.24) is 4.72 Å². The molecule has 0 fully saturated rings. The van der Waals surface area contributed by atoms with Gasteiger partial charge in [0.15, 0.2) is 0 Å². The maximum absolute atomic E-state index is 12.9. The number of nitrogens with one attached hydrogen (secondary N) is 1. The molecule has 4 N–H and O–H groups in total. The molecule has 1 aromatic carbocycles. The normalized spacial score (nSPS) is 13.6. The summed E-state index contributed by atoms with van der Waals surface area (Å²) in [5, 5.41) is 9.95. The molecule has 0 spiro atoms. The molecule has 0 saturated carbocycles. The molecule has 7 heteroatoms. The summed E-state index contributed by atoms with van der Waals surface area (Å²) in [5.41, 5.74) is 2.93. The highest BCUT2D eigenvalue weighted by molar-refractivity contribution is 7.89. The second-order valence-electron chi connectivity index (χ2n) is 5.47. The van der Waals surface area contributed by atoms with E-state index in [4.69, 9.17) is 5.73 Å². The van der Waals surface area contributed by atoms with Gasteiger partial charge in [-0.05, 0) is 45.9 Å². The Bertz CT molecular complexity index is 577. The predicted molar refractivity (Wildman–Crippen MR) is 71.5 cm³/mol. The number of sulfonamides is 1. The van der Waals surface area contributed by atoms with Crippen molar-refractivity contribution in [3.8, 4) is 0 Å². The van der Waals surface area contributed by atoms with Crippen molar-refractivity contribution in [2.45, 2.75) is 43.7 Å². The lowest BCUT2D eigenvalue weighted by Crippen LogP contribution is -2.57. The van der Waals surface area contributed by atoms with Gasteiger partial charge in [-0.2, -0.15) is 0 Å². The van der Waals surface area contributed by atoms with Crippen LogP contribution < -0.4 is 10.5 Å². The first-order valence-corrected chi connectivity index (χ1v) is 7.16. The first-order chi connectivity index (χ1) is 8.37. The van der Waals surface area contributed by atoms with Crippen LogP contribution in [0.2, 0.25) is 0 Å². The summed E-state index contributed by atoms with van der Waals surface area (Å²) in [7, 11) is -3.95. The number of rotatable bonds is 4. The standard InChI is InChI=1S/C12H19FN2O3S/c1-11(2,12(3,4)16)15-19(17,18)10-6-5-8(13)7-9(10)14/h5-7,15-16H,14H2,1-4H3. The molecule has 108 valence electrons. The van der Waals surface area contributed by atoms with Gasteiger partial charge in [-0.15, -0.1) is 0 Å². The van der Waals surface area contributed by atoms with E-state index in [1.54, 1.807) is 13.8 Å². The van der Waals surface area contributed by atoms with Crippen LogP contribution in [-0.4, -0.2) is 24.7 Å². The average Bonchev–Trinajstić information content (AvgIpc) is 2.12. The van der Waals surface area contributed by atoms with E-state index in [1.807, 2.05) is 0 Å². The first-order valence-electron chi connectivity index (χ1n) is 5.68. The number of aliphatic hydroxyl groups is 1. The minimum atomic E-state index is -3.95. The summed E-state index contributed by atoms with van der Waals surface area (Å²) in [6.45, 7) is 6.07. The van der Waals surface area contributed by atoms with E-state index in [1.165, 1.54) is 13.8 Å². The quantitative estimate of drug-likeness (QED) is 0.727. The lowest BCUT2D eigenvalue weighted by molar-refractivity contribution is 0.00639. The van der Waals surface area contributed by atoms with Gasteiger partial charge in [0, 0.05) is 0 Å².